The molecular formula is C13H18N2O. The Morgan fingerprint density at radius 1 is 1.31 bits per heavy atom. The van der Waals surface area contributed by atoms with Crippen LogP contribution in [0.15, 0.2) is 24.3 Å². The lowest BCUT2D eigenvalue weighted by Crippen LogP contribution is -2.03. The highest BCUT2D eigenvalue weighted by atomic mass is 16.5. The molecule has 0 aromatic heterocycles. The quantitative estimate of drug-likeness (QED) is 0.714. The molecular weight excluding hydrogens is 200 g/mol. The predicted molar refractivity (Wildman–Crippen MR) is 64.2 cm³/mol. The molecule has 1 rings (SSSR count). The van der Waals surface area contributed by atoms with Crippen LogP contribution in [0.2, 0.25) is 0 Å². The van der Waals surface area contributed by atoms with Crippen molar-refractivity contribution in [1.29, 1.82) is 5.26 Å². The first-order valence-electron chi connectivity index (χ1n) is 5.65. The van der Waals surface area contributed by atoms with E-state index in [1.165, 1.54) is 5.56 Å². The summed E-state index contributed by atoms with van der Waals surface area (Å²) in [6.45, 7) is 1.33. The van der Waals surface area contributed by atoms with Gasteiger partial charge >= 0.3 is 0 Å². The summed E-state index contributed by atoms with van der Waals surface area (Å²) < 4.78 is 5.59. The van der Waals surface area contributed by atoms with E-state index >= 15 is 0 Å². The van der Waals surface area contributed by atoms with Gasteiger partial charge in [0.05, 0.1) is 12.7 Å². The van der Waals surface area contributed by atoms with Gasteiger partial charge in [-0.15, -0.1) is 0 Å². The molecule has 0 aliphatic rings. The Balaban J connectivity index is 2.30. The maximum atomic E-state index is 8.38. The molecule has 1 aromatic rings. The predicted octanol–water partition coefficient (Wildman–Crippen LogP) is 2.26. The number of unbranched alkanes of at least 4 members (excludes halogenated alkanes) is 2. The molecule has 0 unspecified atom stereocenters. The molecule has 86 valence electrons. The summed E-state index contributed by atoms with van der Waals surface area (Å²) in [4.78, 5) is 0. The summed E-state index contributed by atoms with van der Waals surface area (Å²) in [5.41, 5.74) is 6.70. The third-order valence-electron chi connectivity index (χ3n) is 2.28. The van der Waals surface area contributed by atoms with Crippen molar-refractivity contribution in [2.75, 3.05) is 13.2 Å². The van der Waals surface area contributed by atoms with Crippen LogP contribution >= 0.6 is 0 Å². The van der Waals surface area contributed by atoms with Gasteiger partial charge in [-0.2, -0.15) is 5.26 Å². The molecule has 3 heteroatoms. The van der Waals surface area contributed by atoms with E-state index in [1.807, 2.05) is 18.2 Å². The first-order chi connectivity index (χ1) is 7.86. The van der Waals surface area contributed by atoms with Gasteiger partial charge in [-0.25, -0.2) is 0 Å². The molecule has 0 amide bonds. The van der Waals surface area contributed by atoms with Crippen LogP contribution in [0, 0.1) is 11.3 Å². The summed E-state index contributed by atoms with van der Waals surface area (Å²) >= 11 is 0. The minimum Gasteiger partial charge on any atom is -0.494 e. The highest BCUT2D eigenvalue weighted by molar-refractivity contribution is 5.28. The molecule has 1 aromatic carbocycles. The van der Waals surface area contributed by atoms with Gasteiger partial charge in [-0.1, -0.05) is 12.1 Å². The van der Waals surface area contributed by atoms with Crippen LogP contribution in [-0.2, 0) is 6.42 Å². The fourth-order valence-electron chi connectivity index (χ4n) is 1.45. The maximum Gasteiger partial charge on any atom is 0.119 e. The molecule has 3 nitrogen and oxygen atoms in total. The molecule has 16 heavy (non-hydrogen) atoms. The first-order valence-corrected chi connectivity index (χ1v) is 5.65. The molecule has 0 aliphatic carbocycles. The number of hydrogen-bond acceptors (Lipinski definition) is 3. The van der Waals surface area contributed by atoms with E-state index in [-0.39, 0.29) is 0 Å². The maximum absolute atomic E-state index is 8.38. The van der Waals surface area contributed by atoms with E-state index < -0.39 is 0 Å². The lowest BCUT2D eigenvalue weighted by atomic mass is 10.1. The van der Waals surface area contributed by atoms with Crippen molar-refractivity contribution >= 4 is 0 Å². The first kappa shape index (κ1) is 12.5. The number of nitriles is 1. The summed E-state index contributed by atoms with van der Waals surface area (Å²) in [5, 5.41) is 8.38. The van der Waals surface area contributed by atoms with E-state index in [4.69, 9.17) is 15.7 Å². The van der Waals surface area contributed by atoms with Crippen molar-refractivity contribution in [1.82, 2.24) is 0 Å². The van der Waals surface area contributed by atoms with E-state index in [9.17, 15) is 0 Å². The summed E-state index contributed by atoms with van der Waals surface area (Å²) in [5.74, 6) is 0.892. The van der Waals surface area contributed by atoms with E-state index in [0.29, 0.717) is 19.6 Å². The van der Waals surface area contributed by atoms with Crippen LogP contribution in [-0.4, -0.2) is 13.2 Å². The highest BCUT2D eigenvalue weighted by Gasteiger charge is 1.96. The second-order valence-electron chi connectivity index (χ2n) is 3.65. The number of nitrogens with zero attached hydrogens (tertiary/aromatic N) is 1. The molecule has 0 atom stereocenters. The van der Waals surface area contributed by atoms with Gasteiger partial charge in [-0.05, 0) is 43.5 Å². The van der Waals surface area contributed by atoms with Crippen molar-refractivity contribution in [2.24, 2.45) is 5.73 Å². The molecule has 0 saturated carbocycles. The SMILES string of the molecule is N#CCCCCOc1cccc(CCN)c1. The Labute approximate surface area is 96.8 Å². The van der Waals surface area contributed by atoms with Crippen LogP contribution in [0.1, 0.15) is 24.8 Å². The van der Waals surface area contributed by atoms with Gasteiger partial charge in [-0.3, -0.25) is 0 Å². The molecule has 0 bridgehead atoms. The van der Waals surface area contributed by atoms with E-state index in [0.717, 1.165) is 25.0 Å². The number of hydrogen-bond donors (Lipinski definition) is 1. The molecule has 0 aliphatic heterocycles. The van der Waals surface area contributed by atoms with Crippen molar-refractivity contribution in [3.8, 4) is 11.8 Å². The second-order valence-corrected chi connectivity index (χ2v) is 3.65. The van der Waals surface area contributed by atoms with E-state index in [2.05, 4.69) is 12.1 Å². The van der Waals surface area contributed by atoms with Gasteiger partial charge < -0.3 is 10.5 Å². The fraction of sp³-hybridized carbons (Fsp3) is 0.462. The van der Waals surface area contributed by atoms with Crippen LogP contribution in [0.5, 0.6) is 5.75 Å². The Morgan fingerprint density at radius 2 is 2.19 bits per heavy atom. The molecule has 0 saturated heterocycles. The van der Waals surface area contributed by atoms with Gasteiger partial charge in [0.25, 0.3) is 0 Å². The van der Waals surface area contributed by atoms with Crippen LogP contribution in [0.3, 0.4) is 0 Å². The third-order valence-corrected chi connectivity index (χ3v) is 2.28. The zero-order valence-electron chi connectivity index (χ0n) is 9.48. The summed E-state index contributed by atoms with van der Waals surface area (Å²) in [6.07, 6.45) is 3.32. The number of rotatable bonds is 7. The third kappa shape index (κ3) is 4.81. The average molecular weight is 218 g/mol. The van der Waals surface area contributed by atoms with Gasteiger partial charge in [0.2, 0.25) is 0 Å². The lowest BCUT2D eigenvalue weighted by Gasteiger charge is -2.07. The monoisotopic (exact) mass is 218 g/mol. The van der Waals surface area contributed by atoms with Crippen LogP contribution in [0.4, 0.5) is 0 Å². The Bertz CT molecular complexity index is 344. The number of benzene rings is 1. The standard InChI is InChI=1S/C13H18N2O/c14-8-2-1-3-10-16-13-6-4-5-12(11-13)7-9-15/h4-6,11H,1-3,7,9-10,15H2. The number of ether oxygens (including phenoxy) is 1. The average Bonchev–Trinajstić information content (AvgIpc) is 2.30. The molecule has 0 heterocycles. The zero-order valence-corrected chi connectivity index (χ0v) is 9.48. The number of nitrogens with two attached hydrogens (primary N) is 1. The lowest BCUT2D eigenvalue weighted by molar-refractivity contribution is 0.307. The van der Waals surface area contributed by atoms with Crippen LogP contribution in [0.25, 0.3) is 0 Å². The van der Waals surface area contributed by atoms with Crippen molar-refractivity contribution < 1.29 is 4.74 Å². The highest BCUT2D eigenvalue weighted by Crippen LogP contribution is 2.14. The summed E-state index contributed by atoms with van der Waals surface area (Å²) in [6, 6.07) is 10.1. The zero-order chi connectivity index (χ0) is 11.6. The van der Waals surface area contributed by atoms with E-state index in [1.54, 1.807) is 0 Å². The normalized spacial score (nSPS) is 9.75. The minimum atomic E-state index is 0.608. The Kier molecular flexibility index (Phi) is 6.05. The Hall–Kier alpha value is -1.53. The summed E-state index contributed by atoms with van der Waals surface area (Å²) in [7, 11) is 0. The minimum absolute atomic E-state index is 0.608. The van der Waals surface area contributed by atoms with Gasteiger partial charge in [0.15, 0.2) is 0 Å². The van der Waals surface area contributed by atoms with Crippen molar-refractivity contribution in [2.45, 2.75) is 25.7 Å². The molecule has 0 spiro atoms. The largest absolute Gasteiger partial charge is 0.494 e. The van der Waals surface area contributed by atoms with Crippen LogP contribution < -0.4 is 10.5 Å². The molecule has 2 N–H and O–H groups in total. The van der Waals surface area contributed by atoms with Gasteiger partial charge in [0.1, 0.15) is 5.75 Å². The fourth-order valence-corrected chi connectivity index (χ4v) is 1.45. The smallest absolute Gasteiger partial charge is 0.119 e. The Morgan fingerprint density at radius 3 is 2.94 bits per heavy atom. The topological polar surface area (TPSA) is 59.0 Å². The molecule has 0 radical (unpaired) electrons. The molecule has 0 fully saturated rings. The van der Waals surface area contributed by atoms with Crippen molar-refractivity contribution in [3.05, 3.63) is 29.8 Å². The second kappa shape index (κ2) is 7.72. The van der Waals surface area contributed by atoms with Crippen molar-refractivity contribution in [3.63, 3.8) is 0 Å². The van der Waals surface area contributed by atoms with Gasteiger partial charge in [0, 0.05) is 6.42 Å².